The first kappa shape index (κ1) is 14.1. The maximum absolute atomic E-state index is 11.3. The Morgan fingerprint density at radius 1 is 1.65 bits per heavy atom. The van der Waals surface area contributed by atoms with Crippen LogP contribution in [0, 0.1) is 0 Å². The summed E-state index contributed by atoms with van der Waals surface area (Å²) in [5.41, 5.74) is 2.11. The van der Waals surface area contributed by atoms with Crippen molar-refractivity contribution in [2.45, 2.75) is 26.0 Å². The molecule has 4 N–H and O–H groups in total. The van der Waals surface area contributed by atoms with Crippen LogP contribution in [0.5, 0.6) is 0 Å². The van der Waals surface area contributed by atoms with Crippen molar-refractivity contribution in [2.75, 3.05) is 13.6 Å². The lowest BCUT2D eigenvalue weighted by Crippen LogP contribution is -2.29. The molecule has 0 saturated carbocycles. The van der Waals surface area contributed by atoms with Crippen LogP contribution in [0.15, 0.2) is 12.1 Å². The summed E-state index contributed by atoms with van der Waals surface area (Å²) in [5.74, 6) is 4.81. The van der Waals surface area contributed by atoms with E-state index in [9.17, 15) is 9.90 Å². The Kier molecular flexibility index (Phi) is 5.57. The highest BCUT2D eigenvalue weighted by Gasteiger charge is 2.09. The number of nitrogens with zero attached hydrogens (tertiary/aromatic N) is 1. The smallest absolute Gasteiger partial charge is 0.275 e. The number of nitrogens with one attached hydrogen (secondary N) is 1. The van der Waals surface area contributed by atoms with E-state index >= 15 is 0 Å². The molecule has 17 heavy (non-hydrogen) atoms. The number of aliphatic hydroxyl groups is 1. The standard InChI is InChI=1S/C11H19N3O2S/c1-8(15)5-6-14(2)7-9-3-4-10(17-9)11(16)13-12/h3-4,8,15H,5-7,12H2,1-2H3,(H,13,16). The SMILES string of the molecule is CC(O)CCN(C)Cc1ccc(C(=O)NN)s1. The third-order valence-corrected chi connectivity index (χ3v) is 3.44. The molecule has 0 saturated heterocycles. The molecule has 0 radical (unpaired) electrons. The molecule has 6 heteroatoms. The van der Waals surface area contributed by atoms with Gasteiger partial charge >= 0.3 is 0 Å². The summed E-state index contributed by atoms with van der Waals surface area (Å²) < 4.78 is 0. The Bertz CT molecular complexity index is 365. The lowest BCUT2D eigenvalue weighted by atomic mass is 10.3. The molecule has 5 nitrogen and oxygen atoms in total. The molecule has 1 aromatic rings. The summed E-state index contributed by atoms with van der Waals surface area (Å²) in [5, 5.41) is 9.19. The number of aliphatic hydroxyl groups excluding tert-OH is 1. The average Bonchev–Trinajstić information content (AvgIpc) is 2.73. The predicted molar refractivity (Wildman–Crippen MR) is 68.6 cm³/mol. The number of hydrazine groups is 1. The second-order valence-electron chi connectivity index (χ2n) is 4.11. The topological polar surface area (TPSA) is 78.6 Å². The van der Waals surface area contributed by atoms with E-state index in [2.05, 4.69) is 10.3 Å². The zero-order chi connectivity index (χ0) is 12.8. The molecule has 96 valence electrons. The van der Waals surface area contributed by atoms with Gasteiger partial charge in [-0.25, -0.2) is 5.84 Å². The maximum atomic E-state index is 11.3. The van der Waals surface area contributed by atoms with Crippen molar-refractivity contribution >= 4 is 17.2 Å². The number of carbonyl (C=O) groups excluding carboxylic acids is 1. The van der Waals surface area contributed by atoms with Crippen LogP contribution in [0.2, 0.25) is 0 Å². The van der Waals surface area contributed by atoms with Crippen LogP contribution in [-0.4, -0.2) is 35.6 Å². The summed E-state index contributed by atoms with van der Waals surface area (Å²) >= 11 is 1.43. The number of rotatable bonds is 6. The monoisotopic (exact) mass is 257 g/mol. The summed E-state index contributed by atoms with van der Waals surface area (Å²) in [7, 11) is 1.99. The van der Waals surface area contributed by atoms with Gasteiger partial charge in [0.2, 0.25) is 0 Å². The summed E-state index contributed by atoms with van der Waals surface area (Å²) in [4.78, 5) is 15.1. The van der Waals surface area contributed by atoms with E-state index in [-0.39, 0.29) is 12.0 Å². The number of carbonyl (C=O) groups is 1. The lowest BCUT2D eigenvalue weighted by molar-refractivity contribution is 0.0957. The minimum atomic E-state index is -0.278. The highest BCUT2D eigenvalue weighted by Crippen LogP contribution is 2.17. The molecule has 1 rings (SSSR count). The molecule has 0 aromatic carbocycles. The van der Waals surface area contributed by atoms with Gasteiger partial charge in [0.05, 0.1) is 11.0 Å². The fourth-order valence-electron chi connectivity index (χ4n) is 1.41. The quantitative estimate of drug-likeness (QED) is 0.395. The fourth-order valence-corrected chi connectivity index (χ4v) is 2.40. The molecule has 0 fully saturated rings. The molecule has 1 heterocycles. The third kappa shape index (κ3) is 4.82. The first-order chi connectivity index (χ1) is 8.02. The van der Waals surface area contributed by atoms with Crippen LogP contribution < -0.4 is 11.3 Å². The molecular weight excluding hydrogens is 238 g/mol. The van der Waals surface area contributed by atoms with Crippen molar-refractivity contribution in [3.05, 3.63) is 21.9 Å². The highest BCUT2D eigenvalue weighted by molar-refractivity contribution is 7.14. The first-order valence-electron chi connectivity index (χ1n) is 5.49. The van der Waals surface area contributed by atoms with Crippen molar-refractivity contribution in [1.29, 1.82) is 0 Å². The Hall–Kier alpha value is -0.950. The van der Waals surface area contributed by atoms with Crippen molar-refractivity contribution in [3.63, 3.8) is 0 Å². The Labute approximate surface area is 105 Å². The molecule has 1 atom stereocenters. The van der Waals surface area contributed by atoms with Gasteiger partial charge < -0.3 is 10.0 Å². The van der Waals surface area contributed by atoms with Gasteiger partial charge in [0, 0.05) is 18.0 Å². The van der Waals surface area contributed by atoms with Crippen molar-refractivity contribution < 1.29 is 9.90 Å². The Balaban J connectivity index is 2.46. The van der Waals surface area contributed by atoms with Gasteiger partial charge in [-0.15, -0.1) is 11.3 Å². The molecule has 1 amide bonds. The summed E-state index contributed by atoms with van der Waals surface area (Å²) in [6.07, 6.45) is 0.470. The summed E-state index contributed by atoms with van der Waals surface area (Å²) in [6.45, 7) is 3.38. The van der Waals surface area contributed by atoms with Gasteiger partial charge in [-0.2, -0.15) is 0 Å². The van der Waals surface area contributed by atoms with Crippen LogP contribution in [0.1, 0.15) is 27.9 Å². The van der Waals surface area contributed by atoms with E-state index < -0.39 is 0 Å². The van der Waals surface area contributed by atoms with Crippen molar-refractivity contribution in [3.8, 4) is 0 Å². The normalized spacial score (nSPS) is 12.8. The largest absolute Gasteiger partial charge is 0.393 e. The van der Waals surface area contributed by atoms with Crippen molar-refractivity contribution in [1.82, 2.24) is 10.3 Å². The van der Waals surface area contributed by atoms with Gasteiger partial charge in [0.1, 0.15) is 0 Å². The van der Waals surface area contributed by atoms with E-state index in [0.717, 1.165) is 24.4 Å². The van der Waals surface area contributed by atoms with E-state index in [1.807, 2.05) is 13.1 Å². The van der Waals surface area contributed by atoms with E-state index in [1.54, 1.807) is 13.0 Å². The van der Waals surface area contributed by atoms with Crippen LogP contribution >= 0.6 is 11.3 Å². The number of hydrogen-bond acceptors (Lipinski definition) is 5. The zero-order valence-corrected chi connectivity index (χ0v) is 11.0. The molecule has 1 unspecified atom stereocenters. The van der Waals surface area contributed by atoms with Crippen LogP contribution in [-0.2, 0) is 6.54 Å². The molecule has 1 aromatic heterocycles. The number of thiophene rings is 1. The van der Waals surface area contributed by atoms with Crippen LogP contribution in [0.25, 0.3) is 0 Å². The number of hydrogen-bond donors (Lipinski definition) is 3. The van der Waals surface area contributed by atoms with Gasteiger partial charge in [-0.3, -0.25) is 10.2 Å². The third-order valence-electron chi connectivity index (χ3n) is 2.37. The summed E-state index contributed by atoms with van der Waals surface area (Å²) in [6, 6.07) is 3.69. The minimum absolute atomic E-state index is 0.257. The number of nitrogen functional groups attached to an aromatic ring is 1. The minimum Gasteiger partial charge on any atom is -0.393 e. The first-order valence-corrected chi connectivity index (χ1v) is 6.31. The number of nitrogens with two attached hydrogens (primary N) is 1. The van der Waals surface area contributed by atoms with Crippen LogP contribution in [0.3, 0.4) is 0 Å². The molecular formula is C11H19N3O2S. The molecule has 0 bridgehead atoms. The second kappa shape index (κ2) is 6.70. The van der Waals surface area contributed by atoms with Crippen molar-refractivity contribution in [2.24, 2.45) is 5.84 Å². The van der Waals surface area contributed by atoms with E-state index in [4.69, 9.17) is 5.84 Å². The number of amides is 1. The zero-order valence-electron chi connectivity index (χ0n) is 10.1. The van der Waals surface area contributed by atoms with Gasteiger partial charge in [0.15, 0.2) is 0 Å². The molecule has 0 spiro atoms. The van der Waals surface area contributed by atoms with Crippen LogP contribution in [0.4, 0.5) is 0 Å². The molecule has 0 aliphatic rings. The average molecular weight is 257 g/mol. The fraction of sp³-hybridized carbons (Fsp3) is 0.545. The maximum Gasteiger partial charge on any atom is 0.275 e. The Morgan fingerprint density at radius 3 is 2.94 bits per heavy atom. The molecule has 0 aliphatic carbocycles. The lowest BCUT2D eigenvalue weighted by Gasteiger charge is -2.16. The van der Waals surface area contributed by atoms with E-state index in [0.29, 0.717) is 4.88 Å². The highest BCUT2D eigenvalue weighted by atomic mass is 32.1. The van der Waals surface area contributed by atoms with Gasteiger partial charge in [-0.1, -0.05) is 0 Å². The van der Waals surface area contributed by atoms with Gasteiger partial charge in [-0.05, 0) is 32.5 Å². The van der Waals surface area contributed by atoms with E-state index in [1.165, 1.54) is 11.3 Å². The van der Waals surface area contributed by atoms with Gasteiger partial charge in [0.25, 0.3) is 5.91 Å². The predicted octanol–water partition coefficient (Wildman–Crippen LogP) is 0.554. The Morgan fingerprint density at radius 2 is 2.35 bits per heavy atom. The molecule has 0 aliphatic heterocycles. The second-order valence-corrected chi connectivity index (χ2v) is 5.28.